The van der Waals surface area contributed by atoms with E-state index in [2.05, 4.69) is 15.6 Å². The predicted octanol–water partition coefficient (Wildman–Crippen LogP) is 2.43. The molecular formula is C15H14N4O3. The van der Waals surface area contributed by atoms with Gasteiger partial charge in [-0.2, -0.15) is 5.10 Å². The maximum absolute atomic E-state index is 12.3. The van der Waals surface area contributed by atoms with Crippen LogP contribution in [0, 0.1) is 6.92 Å². The van der Waals surface area contributed by atoms with Gasteiger partial charge < -0.3 is 14.6 Å². The summed E-state index contributed by atoms with van der Waals surface area (Å²) in [5.74, 6) is 0.900. The zero-order valence-corrected chi connectivity index (χ0v) is 12.1. The molecule has 7 heteroatoms. The van der Waals surface area contributed by atoms with Crippen molar-refractivity contribution in [2.24, 2.45) is 0 Å². The molecule has 1 N–H and O–H groups in total. The number of rotatable bonds is 4. The van der Waals surface area contributed by atoms with Crippen molar-refractivity contribution in [1.29, 1.82) is 0 Å². The van der Waals surface area contributed by atoms with Gasteiger partial charge in [-0.15, -0.1) is 0 Å². The van der Waals surface area contributed by atoms with Crippen molar-refractivity contribution >= 4 is 11.7 Å². The number of hydrogen-bond acceptors (Lipinski definition) is 5. The zero-order valence-electron chi connectivity index (χ0n) is 12.1. The topological polar surface area (TPSA) is 82.2 Å². The van der Waals surface area contributed by atoms with Gasteiger partial charge in [0.25, 0.3) is 5.91 Å². The van der Waals surface area contributed by atoms with Crippen LogP contribution in [0.2, 0.25) is 0 Å². The lowest BCUT2D eigenvalue weighted by atomic mass is 10.3. The molecule has 0 spiro atoms. The van der Waals surface area contributed by atoms with Gasteiger partial charge in [-0.3, -0.25) is 4.79 Å². The Kier molecular flexibility index (Phi) is 3.61. The number of methoxy groups -OCH3 is 1. The second-order valence-corrected chi connectivity index (χ2v) is 4.60. The van der Waals surface area contributed by atoms with E-state index in [4.69, 9.17) is 9.26 Å². The van der Waals surface area contributed by atoms with Crippen molar-refractivity contribution in [3.63, 3.8) is 0 Å². The molecule has 0 atom stereocenters. The Labute approximate surface area is 126 Å². The molecule has 22 heavy (non-hydrogen) atoms. The summed E-state index contributed by atoms with van der Waals surface area (Å²) >= 11 is 0. The van der Waals surface area contributed by atoms with Crippen LogP contribution >= 0.6 is 0 Å². The fourth-order valence-corrected chi connectivity index (χ4v) is 1.98. The quantitative estimate of drug-likeness (QED) is 0.800. The molecule has 0 fully saturated rings. The number of nitrogens with zero attached hydrogens (tertiary/aromatic N) is 3. The summed E-state index contributed by atoms with van der Waals surface area (Å²) < 4.78 is 11.7. The Balaban J connectivity index is 1.89. The molecule has 0 saturated carbocycles. The zero-order chi connectivity index (χ0) is 15.5. The van der Waals surface area contributed by atoms with E-state index in [1.807, 2.05) is 30.3 Å². The van der Waals surface area contributed by atoms with E-state index in [9.17, 15) is 4.79 Å². The van der Waals surface area contributed by atoms with Crippen LogP contribution in [-0.2, 0) is 0 Å². The van der Waals surface area contributed by atoms with Gasteiger partial charge in [0.15, 0.2) is 17.3 Å². The fourth-order valence-electron chi connectivity index (χ4n) is 1.98. The molecule has 112 valence electrons. The van der Waals surface area contributed by atoms with E-state index >= 15 is 0 Å². The Bertz CT molecular complexity index is 792. The average Bonchev–Trinajstić information content (AvgIpc) is 3.14. The van der Waals surface area contributed by atoms with Gasteiger partial charge in [-0.05, 0) is 19.1 Å². The second kappa shape index (κ2) is 5.72. The van der Waals surface area contributed by atoms with E-state index in [1.165, 1.54) is 7.11 Å². The standard InChI is InChI=1S/C15H14N4O3/c1-10-8-13(18-22-10)16-15(20)14-12(21-2)9-19(17-14)11-6-4-3-5-7-11/h3-9H,1-2H3,(H,16,18,20). The molecule has 0 unspecified atom stereocenters. The van der Waals surface area contributed by atoms with Crippen molar-refractivity contribution < 1.29 is 14.1 Å². The summed E-state index contributed by atoms with van der Waals surface area (Å²) in [6.45, 7) is 1.74. The van der Waals surface area contributed by atoms with Crippen LogP contribution in [0.3, 0.4) is 0 Å². The molecule has 7 nitrogen and oxygen atoms in total. The van der Waals surface area contributed by atoms with Crippen LogP contribution in [0.1, 0.15) is 16.2 Å². The van der Waals surface area contributed by atoms with Crippen molar-refractivity contribution in [2.45, 2.75) is 6.92 Å². The van der Waals surface area contributed by atoms with Gasteiger partial charge in [0.2, 0.25) is 0 Å². The maximum atomic E-state index is 12.3. The number of anilines is 1. The SMILES string of the molecule is COc1cn(-c2ccccc2)nc1C(=O)Nc1cc(C)on1. The van der Waals surface area contributed by atoms with Gasteiger partial charge in [0, 0.05) is 6.07 Å². The molecule has 0 radical (unpaired) electrons. The molecule has 0 aliphatic heterocycles. The molecule has 3 rings (SSSR count). The van der Waals surface area contributed by atoms with E-state index in [0.717, 1.165) is 5.69 Å². The molecule has 0 aliphatic carbocycles. The lowest BCUT2D eigenvalue weighted by Gasteiger charge is -2.00. The van der Waals surface area contributed by atoms with E-state index < -0.39 is 5.91 Å². The van der Waals surface area contributed by atoms with Gasteiger partial charge in [-0.25, -0.2) is 4.68 Å². The number of amides is 1. The number of carbonyl (C=O) groups excluding carboxylic acids is 1. The summed E-state index contributed by atoms with van der Waals surface area (Å²) in [5.41, 5.74) is 1.00. The molecule has 1 amide bonds. The van der Waals surface area contributed by atoms with E-state index in [-0.39, 0.29) is 5.69 Å². The smallest absolute Gasteiger partial charge is 0.281 e. The Morgan fingerprint density at radius 2 is 2.09 bits per heavy atom. The Morgan fingerprint density at radius 1 is 1.32 bits per heavy atom. The normalized spacial score (nSPS) is 10.5. The molecule has 0 aliphatic rings. The number of para-hydroxylation sites is 1. The van der Waals surface area contributed by atoms with Crippen molar-refractivity contribution in [3.05, 3.63) is 54.0 Å². The largest absolute Gasteiger partial charge is 0.493 e. The summed E-state index contributed by atoms with van der Waals surface area (Å²) in [4.78, 5) is 12.3. The highest BCUT2D eigenvalue weighted by Gasteiger charge is 2.19. The maximum Gasteiger partial charge on any atom is 0.281 e. The fraction of sp³-hybridized carbons (Fsp3) is 0.133. The third-order valence-electron chi connectivity index (χ3n) is 3.01. The summed E-state index contributed by atoms with van der Waals surface area (Å²) in [7, 11) is 1.49. The molecule has 3 aromatic rings. The highest BCUT2D eigenvalue weighted by molar-refractivity contribution is 6.04. The predicted molar refractivity (Wildman–Crippen MR) is 79.3 cm³/mol. The monoisotopic (exact) mass is 298 g/mol. The first-order chi connectivity index (χ1) is 10.7. The minimum atomic E-state index is -0.417. The lowest BCUT2D eigenvalue weighted by Crippen LogP contribution is -2.14. The number of aryl methyl sites for hydroxylation is 1. The Hall–Kier alpha value is -3.09. The first kappa shape index (κ1) is 13.9. The highest BCUT2D eigenvalue weighted by Crippen LogP contribution is 2.20. The van der Waals surface area contributed by atoms with Crippen LogP contribution in [0.25, 0.3) is 5.69 Å². The third-order valence-corrected chi connectivity index (χ3v) is 3.01. The van der Waals surface area contributed by atoms with Crippen LogP contribution in [-0.4, -0.2) is 28.0 Å². The minimum Gasteiger partial charge on any atom is -0.493 e. The van der Waals surface area contributed by atoms with Crippen molar-refractivity contribution in [2.75, 3.05) is 12.4 Å². The number of benzene rings is 1. The number of ether oxygens (including phenoxy) is 1. The van der Waals surface area contributed by atoms with E-state index in [0.29, 0.717) is 17.3 Å². The van der Waals surface area contributed by atoms with Gasteiger partial charge >= 0.3 is 0 Å². The van der Waals surface area contributed by atoms with Gasteiger partial charge in [0.1, 0.15) is 5.76 Å². The van der Waals surface area contributed by atoms with Crippen molar-refractivity contribution in [1.82, 2.24) is 14.9 Å². The van der Waals surface area contributed by atoms with Crippen LogP contribution in [0.5, 0.6) is 5.75 Å². The number of aromatic nitrogens is 3. The van der Waals surface area contributed by atoms with Crippen LogP contribution < -0.4 is 10.1 Å². The summed E-state index contributed by atoms with van der Waals surface area (Å²) in [6.07, 6.45) is 1.65. The average molecular weight is 298 g/mol. The highest BCUT2D eigenvalue weighted by atomic mass is 16.5. The number of hydrogen-bond donors (Lipinski definition) is 1. The second-order valence-electron chi connectivity index (χ2n) is 4.60. The summed E-state index contributed by atoms with van der Waals surface area (Å²) in [5, 5.41) is 10.6. The Morgan fingerprint density at radius 3 is 2.73 bits per heavy atom. The minimum absolute atomic E-state index is 0.173. The number of nitrogens with one attached hydrogen (secondary N) is 1. The van der Waals surface area contributed by atoms with Crippen LogP contribution in [0.4, 0.5) is 5.82 Å². The van der Waals surface area contributed by atoms with Crippen molar-refractivity contribution in [3.8, 4) is 11.4 Å². The van der Waals surface area contributed by atoms with E-state index in [1.54, 1.807) is 23.9 Å². The molecule has 2 heterocycles. The summed E-state index contributed by atoms with van der Waals surface area (Å²) in [6, 6.07) is 11.1. The molecule has 2 aromatic heterocycles. The first-order valence-corrected chi connectivity index (χ1v) is 6.61. The number of carbonyl (C=O) groups is 1. The first-order valence-electron chi connectivity index (χ1n) is 6.61. The molecule has 0 saturated heterocycles. The molecule has 1 aromatic carbocycles. The van der Waals surface area contributed by atoms with Gasteiger partial charge in [0.05, 0.1) is 19.0 Å². The van der Waals surface area contributed by atoms with Crippen LogP contribution in [0.15, 0.2) is 47.1 Å². The lowest BCUT2D eigenvalue weighted by molar-refractivity contribution is 0.101. The molecular weight excluding hydrogens is 284 g/mol. The van der Waals surface area contributed by atoms with Gasteiger partial charge in [-0.1, -0.05) is 23.4 Å². The molecule has 0 bridgehead atoms. The third kappa shape index (κ3) is 2.69.